The van der Waals surface area contributed by atoms with Crippen LogP contribution in [-0.2, 0) is 9.59 Å². The molecule has 1 saturated heterocycles. The molecule has 0 saturated carbocycles. The summed E-state index contributed by atoms with van der Waals surface area (Å²) < 4.78 is 0. The maximum absolute atomic E-state index is 11.3. The third kappa shape index (κ3) is 1.89. The van der Waals surface area contributed by atoms with Gasteiger partial charge in [0.25, 0.3) is 5.91 Å². The molecule has 70 valence electrons. The highest BCUT2D eigenvalue weighted by molar-refractivity contribution is 6.37. The Morgan fingerprint density at radius 3 is 2.69 bits per heavy atom. The van der Waals surface area contributed by atoms with Gasteiger partial charge >= 0.3 is 0 Å². The van der Waals surface area contributed by atoms with E-state index in [0.717, 1.165) is 6.42 Å². The van der Waals surface area contributed by atoms with Crippen LogP contribution >= 0.6 is 0 Å². The first-order valence-electron chi connectivity index (χ1n) is 4.48. The molecule has 0 bridgehead atoms. The second kappa shape index (κ2) is 4.08. The summed E-state index contributed by atoms with van der Waals surface area (Å²) in [6, 6.07) is 0.0453. The molecule has 1 unspecified atom stereocenters. The number of carbonyl (C=O) groups is 2. The number of Topliss-reactive ketones (excluding diaryl/α,β-unsaturated/α-hetero) is 1. The van der Waals surface area contributed by atoms with Gasteiger partial charge in [0.15, 0.2) is 0 Å². The van der Waals surface area contributed by atoms with Crippen molar-refractivity contribution in [1.82, 2.24) is 4.90 Å². The molecule has 1 rings (SSSR count). The zero-order valence-corrected chi connectivity index (χ0v) is 7.75. The molecule has 0 spiro atoms. The minimum absolute atomic E-state index is 0.0453. The SMILES string of the molecule is C#CCC(CC)N1CCC(=O)C1=O. The molecular formula is C10H13NO2. The van der Waals surface area contributed by atoms with Gasteiger partial charge in [-0.15, -0.1) is 12.3 Å². The number of ketones is 1. The lowest BCUT2D eigenvalue weighted by molar-refractivity contribution is -0.141. The van der Waals surface area contributed by atoms with Gasteiger partial charge in [0, 0.05) is 25.4 Å². The second-order valence-corrected chi connectivity index (χ2v) is 3.14. The van der Waals surface area contributed by atoms with Crippen LogP contribution in [-0.4, -0.2) is 29.2 Å². The molecule has 1 aliphatic rings. The van der Waals surface area contributed by atoms with Crippen LogP contribution in [0.4, 0.5) is 0 Å². The summed E-state index contributed by atoms with van der Waals surface area (Å²) in [4.78, 5) is 23.9. The van der Waals surface area contributed by atoms with E-state index in [9.17, 15) is 9.59 Å². The first-order valence-corrected chi connectivity index (χ1v) is 4.48. The molecular weight excluding hydrogens is 166 g/mol. The van der Waals surface area contributed by atoms with E-state index in [4.69, 9.17) is 6.42 Å². The predicted molar refractivity (Wildman–Crippen MR) is 48.9 cm³/mol. The highest BCUT2D eigenvalue weighted by Crippen LogP contribution is 2.15. The summed E-state index contributed by atoms with van der Waals surface area (Å²) in [6.45, 7) is 2.51. The van der Waals surface area contributed by atoms with Gasteiger partial charge in [0.05, 0.1) is 0 Å². The van der Waals surface area contributed by atoms with Crippen LogP contribution in [0.5, 0.6) is 0 Å². The Morgan fingerprint density at radius 1 is 1.62 bits per heavy atom. The minimum Gasteiger partial charge on any atom is -0.332 e. The van der Waals surface area contributed by atoms with Gasteiger partial charge in [-0.05, 0) is 6.42 Å². The van der Waals surface area contributed by atoms with E-state index in [1.807, 2.05) is 6.92 Å². The van der Waals surface area contributed by atoms with Crippen molar-refractivity contribution in [2.45, 2.75) is 32.2 Å². The molecule has 1 fully saturated rings. The average molecular weight is 179 g/mol. The van der Waals surface area contributed by atoms with Crippen molar-refractivity contribution in [3.8, 4) is 12.3 Å². The number of amides is 1. The van der Waals surface area contributed by atoms with E-state index in [0.29, 0.717) is 19.4 Å². The maximum atomic E-state index is 11.3. The van der Waals surface area contributed by atoms with Crippen molar-refractivity contribution >= 4 is 11.7 Å². The summed E-state index contributed by atoms with van der Waals surface area (Å²) >= 11 is 0. The van der Waals surface area contributed by atoms with Crippen LogP contribution in [0.1, 0.15) is 26.2 Å². The van der Waals surface area contributed by atoms with Gasteiger partial charge in [-0.2, -0.15) is 0 Å². The van der Waals surface area contributed by atoms with E-state index < -0.39 is 0 Å². The van der Waals surface area contributed by atoms with Gasteiger partial charge < -0.3 is 4.90 Å². The summed E-state index contributed by atoms with van der Waals surface area (Å²) in [7, 11) is 0. The van der Waals surface area contributed by atoms with Gasteiger partial charge in [0.1, 0.15) is 0 Å². The number of likely N-dealkylation sites (tertiary alicyclic amines) is 1. The standard InChI is InChI=1S/C10H13NO2/c1-3-5-8(4-2)11-7-6-9(12)10(11)13/h1,8H,4-7H2,2H3. The molecule has 3 heteroatoms. The van der Waals surface area contributed by atoms with Gasteiger partial charge in [-0.3, -0.25) is 9.59 Å². The van der Waals surface area contributed by atoms with Crippen molar-refractivity contribution in [3.05, 3.63) is 0 Å². The molecule has 3 nitrogen and oxygen atoms in total. The Morgan fingerprint density at radius 2 is 2.31 bits per heavy atom. The fourth-order valence-electron chi connectivity index (χ4n) is 1.55. The fourth-order valence-corrected chi connectivity index (χ4v) is 1.55. The van der Waals surface area contributed by atoms with Crippen molar-refractivity contribution < 1.29 is 9.59 Å². The Labute approximate surface area is 78.1 Å². The van der Waals surface area contributed by atoms with E-state index in [-0.39, 0.29) is 17.7 Å². The lowest BCUT2D eigenvalue weighted by Gasteiger charge is -2.23. The summed E-state index contributed by atoms with van der Waals surface area (Å²) in [5, 5.41) is 0. The summed E-state index contributed by atoms with van der Waals surface area (Å²) in [6.07, 6.45) is 6.87. The molecule has 1 atom stereocenters. The third-order valence-electron chi connectivity index (χ3n) is 2.34. The molecule has 0 aromatic carbocycles. The largest absolute Gasteiger partial charge is 0.332 e. The van der Waals surface area contributed by atoms with E-state index in [2.05, 4.69) is 5.92 Å². The lowest BCUT2D eigenvalue weighted by Crippen LogP contribution is -2.37. The number of rotatable bonds is 3. The van der Waals surface area contributed by atoms with Crippen LogP contribution in [0, 0.1) is 12.3 Å². The number of hydrogen-bond acceptors (Lipinski definition) is 2. The smallest absolute Gasteiger partial charge is 0.290 e. The molecule has 1 heterocycles. The zero-order valence-electron chi connectivity index (χ0n) is 7.75. The lowest BCUT2D eigenvalue weighted by atomic mass is 10.1. The van der Waals surface area contributed by atoms with Crippen molar-refractivity contribution in [1.29, 1.82) is 0 Å². The minimum atomic E-state index is -0.359. The van der Waals surface area contributed by atoms with Crippen LogP contribution < -0.4 is 0 Å². The summed E-state index contributed by atoms with van der Waals surface area (Å²) in [5.74, 6) is 1.88. The van der Waals surface area contributed by atoms with E-state index in [1.165, 1.54) is 0 Å². The first-order chi connectivity index (χ1) is 6.20. The van der Waals surface area contributed by atoms with Crippen LogP contribution in [0.15, 0.2) is 0 Å². The number of hydrogen-bond donors (Lipinski definition) is 0. The van der Waals surface area contributed by atoms with Crippen molar-refractivity contribution in [2.75, 3.05) is 6.54 Å². The van der Waals surface area contributed by atoms with Gasteiger partial charge in [-0.25, -0.2) is 0 Å². The highest BCUT2D eigenvalue weighted by atomic mass is 16.2. The molecule has 1 amide bonds. The second-order valence-electron chi connectivity index (χ2n) is 3.14. The molecule has 13 heavy (non-hydrogen) atoms. The number of carbonyl (C=O) groups excluding carboxylic acids is 2. The Hall–Kier alpha value is -1.30. The zero-order chi connectivity index (χ0) is 9.84. The Balaban J connectivity index is 2.66. The molecule has 0 aliphatic carbocycles. The topological polar surface area (TPSA) is 37.4 Å². The van der Waals surface area contributed by atoms with Crippen LogP contribution in [0.3, 0.4) is 0 Å². The molecule has 0 N–H and O–H groups in total. The quantitative estimate of drug-likeness (QED) is 0.469. The van der Waals surface area contributed by atoms with Gasteiger partial charge in [-0.1, -0.05) is 6.92 Å². The fraction of sp³-hybridized carbons (Fsp3) is 0.600. The number of terminal acetylenes is 1. The summed E-state index contributed by atoms with van der Waals surface area (Å²) in [5.41, 5.74) is 0. The van der Waals surface area contributed by atoms with Crippen molar-refractivity contribution in [2.24, 2.45) is 0 Å². The van der Waals surface area contributed by atoms with Crippen LogP contribution in [0.2, 0.25) is 0 Å². The Bertz CT molecular complexity index is 265. The Kier molecular flexibility index (Phi) is 3.07. The number of nitrogens with zero attached hydrogens (tertiary/aromatic N) is 1. The van der Waals surface area contributed by atoms with Crippen LogP contribution in [0.25, 0.3) is 0 Å². The predicted octanol–water partition coefficient (Wildman–Crippen LogP) is 0.590. The van der Waals surface area contributed by atoms with E-state index in [1.54, 1.807) is 4.90 Å². The van der Waals surface area contributed by atoms with Crippen molar-refractivity contribution in [3.63, 3.8) is 0 Å². The monoisotopic (exact) mass is 179 g/mol. The van der Waals surface area contributed by atoms with E-state index >= 15 is 0 Å². The molecule has 0 radical (unpaired) electrons. The highest BCUT2D eigenvalue weighted by Gasteiger charge is 2.32. The maximum Gasteiger partial charge on any atom is 0.290 e. The average Bonchev–Trinajstić information content (AvgIpc) is 2.45. The molecule has 0 aromatic heterocycles. The van der Waals surface area contributed by atoms with Gasteiger partial charge in [0.2, 0.25) is 5.78 Å². The molecule has 0 aromatic rings. The molecule has 1 aliphatic heterocycles. The normalized spacial score (nSPS) is 18.9. The third-order valence-corrected chi connectivity index (χ3v) is 2.34. The first kappa shape index (κ1) is 9.79.